The molecule has 1 aromatic carbocycles. The number of benzene rings is 1. The Hall–Kier alpha value is -2.42. The van der Waals surface area contributed by atoms with E-state index in [0.29, 0.717) is 11.8 Å². The summed E-state index contributed by atoms with van der Waals surface area (Å²) in [4.78, 5) is 32.1. The third-order valence-electron chi connectivity index (χ3n) is 2.12. The predicted octanol–water partition coefficient (Wildman–Crippen LogP) is 1.94. The van der Waals surface area contributed by atoms with Crippen LogP contribution in [0.25, 0.3) is 0 Å². The number of hydrogen-bond acceptors (Lipinski definition) is 3. The number of alkyl halides is 3. The summed E-state index contributed by atoms with van der Waals surface area (Å²) in [5, 5.41) is 0. The van der Waals surface area contributed by atoms with Gasteiger partial charge in [0, 0.05) is 11.1 Å². The van der Waals surface area contributed by atoms with Crippen LogP contribution in [-0.4, -0.2) is 24.0 Å². The Balaban J connectivity index is 2.79. The second-order valence-electron chi connectivity index (χ2n) is 3.49. The molecule has 0 aliphatic rings. The minimum absolute atomic E-state index is 0.0192. The molecule has 0 spiro atoms. The Morgan fingerprint density at radius 1 is 1.16 bits per heavy atom. The molecule has 0 atom stereocenters. The van der Waals surface area contributed by atoms with Crippen LogP contribution in [0.4, 0.5) is 13.2 Å². The molecule has 98 valence electrons. The highest BCUT2D eigenvalue weighted by atomic mass is 19.4. The van der Waals surface area contributed by atoms with E-state index < -0.39 is 24.2 Å². The van der Waals surface area contributed by atoms with Gasteiger partial charge in [0.15, 0.2) is 12.1 Å². The van der Waals surface area contributed by atoms with Gasteiger partial charge in [-0.3, -0.25) is 14.4 Å². The fourth-order valence-electron chi connectivity index (χ4n) is 1.20. The normalized spacial score (nSPS) is 10.3. The fourth-order valence-corrected chi connectivity index (χ4v) is 1.20. The molecule has 0 amide bonds. The molecule has 19 heavy (non-hydrogen) atoms. The summed E-state index contributed by atoms with van der Waals surface area (Å²) in [6.07, 6.45) is -5.84. The monoisotopic (exact) mass is 268 g/mol. The molecule has 0 N–H and O–H groups in total. The maximum atomic E-state index is 12.0. The first-order valence-electron chi connectivity index (χ1n) is 5.03. The van der Waals surface area contributed by atoms with Crippen molar-refractivity contribution in [1.29, 1.82) is 0 Å². The first-order chi connectivity index (χ1) is 8.84. The lowest BCUT2D eigenvalue weighted by Gasteiger charge is -2.04. The van der Waals surface area contributed by atoms with Crippen LogP contribution in [0, 0.1) is 11.8 Å². The van der Waals surface area contributed by atoms with E-state index in [4.69, 9.17) is 0 Å². The van der Waals surface area contributed by atoms with Gasteiger partial charge in [-0.1, -0.05) is 18.1 Å². The summed E-state index contributed by atoms with van der Waals surface area (Å²) >= 11 is 0. The van der Waals surface area contributed by atoms with Crippen molar-refractivity contribution in [2.75, 3.05) is 0 Å². The van der Waals surface area contributed by atoms with E-state index >= 15 is 0 Å². The molecule has 6 heteroatoms. The van der Waals surface area contributed by atoms with Crippen LogP contribution >= 0.6 is 0 Å². The zero-order chi connectivity index (χ0) is 14.5. The van der Waals surface area contributed by atoms with Gasteiger partial charge >= 0.3 is 6.18 Å². The minimum Gasteiger partial charge on any atom is -0.294 e. The molecule has 3 nitrogen and oxygen atoms in total. The van der Waals surface area contributed by atoms with Crippen LogP contribution in [0.15, 0.2) is 24.3 Å². The predicted molar refractivity (Wildman–Crippen MR) is 59.4 cm³/mol. The topological polar surface area (TPSA) is 51.2 Å². The second kappa shape index (κ2) is 5.96. The number of rotatable bonds is 3. The van der Waals surface area contributed by atoms with E-state index in [1.165, 1.54) is 24.3 Å². The molecule has 0 fully saturated rings. The molecule has 0 radical (unpaired) electrons. The molecule has 0 aliphatic heterocycles. The highest BCUT2D eigenvalue weighted by molar-refractivity contribution is 6.09. The third-order valence-corrected chi connectivity index (χ3v) is 2.12. The Bertz CT molecular complexity index is 560. The maximum Gasteiger partial charge on any atom is 0.450 e. The molecular weight excluding hydrogens is 261 g/mol. The summed E-state index contributed by atoms with van der Waals surface area (Å²) < 4.78 is 35.9. The van der Waals surface area contributed by atoms with Crippen molar-refractivity contribution >= 4 is 17.9 Å². The van der Waals surface area contributed by atoms with E-state index in [0.717, 1.165) is 0 Å². The molecule has 0 saturated heterocycles. The average Bonchev–Trinajstić information content (AvgIpc) is 2.35. The first kappa shape index (κ1) is 14.6. The lowest BCUT2D eigenvalue weighted by atomic mass is 10.0. The summed E-state index contributed by atoms with van der Waals surface area (Å²) in [5.74, 6) is 1.60. The van der Waals surface area contributed by atoms with E-state index in [1.807, 2.05) is 0 Å². The van der Waals surface area contributed by atoms with Crippen molar-refractivity contribution < 1.29 is 27.6 Å². The molecule has 0 bridgehead atoms. The quantitative estimate of drug-likeness (QED) is 0.364. The number of aldehydes is 1. The Morgan fingerprint density at radius 2 is 1.74 bits per heavy atom. The highest BCUT2D eigenvalue weighted by Gasteiger charge is 2.39. The lowest BCUT2D eigenvalue weighted by Crippen LogP contribution is -2.25. The number of hydrogen-bond donors (Lipinski definition) is 0. The molecule has 1 aromatic rings. The van der Waals surface area contributed by atoms with Crippen molar-refractivity contribution in [1.82, 2.24) is 0 Å². The smallest absolute Gasteiger partial charge is 0.294 e. The van der Waals surface area contributed by atoms with Crippen molar-refractivity contribution in [3.05, 3.63) is 35.4 Å². The first-order valence-corrected chi connectivity index (χ1v) is 5.03. The molecule has 0 heterocycles. The van der Waals surface area contributed by atoms with Crippen LogP contribution in [0.2, 0.25) is 0 Å². The number of Topliss-reactive ketones (excluding diaryl/α,β-unsaturated/α-hetero) is 2. The summed E-state index contributed by atoms with van der Waals surface area (Å²) in [7, 11) is 0. The third kappa shape index (κ3) is 4.39. The van der Waals surface area contributed by atoms with E-state index in [2.05, 4.69) is 11.8 Å². The molecular formula is C13H7F3O3. The van der Waals surface area contributed by atoms with Crippen molar-refractivity contribution in [2.45, 2.75) is 12.6 Å². The Kier molecular flexibility index (Phi) is 4.59. The summed E-state index contributed by atoms with van der Waals surface area (Å²) in [6, 6.07) is 5.26. The molecule has 0 unspecified atom stereocenters. The van der Waals surface area contributed by atoms with Crippen LogP contribution in [0.5, 0.6) is 0 Å². The molecule has 1 rings (SSSR count). The van der Waals surface area contributed by atoms with E-state index in [1.54, 1.807) is 0 Å². The second-order valence-corrected chi connectivity index (χ2v) is 3.49. The molecule has 0 saturated carbocycles. The number of halogens is 3. The molecule has 0 aromatic heterocycles. The fraction of sp³-hybridized carbons (Fsp3) is 0.154. The largest absolute Gasteiger partial charge is 0.450 e. The van der Waals surface area contributed by atoms with Crippen LogP contribution in [0.3, 0.4) is 0 Å². The SMILES string of the molecule is O=CC#Cc1ccc(C(=O)CC(=O)C(F)(F)F)cc1. The van der Waals surface area contributed by atoms with E-state index in [-0.39, 0.29) is 5.56 Å². The van der Waals surface area contributed by atoms with Gasteiger partial charge in [0.25, 0.3) is 0 Å². The summed E-state index contributed by atoms with van der Waals surface area (Å²) in [5.41, 5.74) is 0.417. The zero-order valence-electron chi connectivity index (χ0n) is 9.45. The number of ketones is 2. The average molecular weight is 268 g/mol. The van der Waals surface area contributed by atoms with Gasteiger partial charge in [-0.2, -0.15) is 13.2 Å². The minimum atomic E-state index is -5.01. The lowest BCUT2D eigenvalue weighted by molar-refractivity contribution is -0.170. The van der Waals surface area contributed by atoms with Gasteiger partial charge in [0.1, 0.15) is 0 Å². The summed E-state index contributed by atoms with van der Waals surface area (Å²) in [6.45, 7) is 0. The highest BCUT2D eigenvalue weighted by Crippen LogP contribution is 2.19. The number of carbonyl (C=O) groups is 3. The van der Waals surface area contributed by atoms with Crippen molar-refractivity contribution in [3.8, 4) is 11.8 Å². The number of carbonyl (C=O) groups excluding carboxylic acids is 3. The van der Waals surface area contributed by atoms with Crippen LogP contribution in [-0.2, 0) is 9.59 Å². The zero-order valence-corrected chi connectivity index (χ0v) is 9.45. The Morgan fingerprint density at radius 3 is 2.21 bits per heavy atom. The van der Waals surface area contributed by atoms with Gasteiger partial charge in [-0.05, 0) is 18.1 Å². The maximum absolute atomic E-state index is 12.0. The Labute approximate surface area is 106 Å². The van der Waals surface area contributed by atoms with E-state index in [9.17, 15) is 27.6 Å². The van der Waals surface area contributed by atoms with Gasteiger partial charge in [0.2, 0.25) is 5.78 Å². The van der Waals surface area contributed by atoms with Gasteiger partial charge in [-0.25, -0.2) is 0 Å². The van der Waals surface area contributed by atoms with Gasteiger partial charge < -0.3 is 0 Å². The molecule has 0 aliphatic carbocycles. The standard InChI is InChI=1S/C13H7F3O3/c14-13(15,16)12(19)8-11(18)10-5-3-9(4-6-10)2-1-7-17/h3-7H,8H2. The van der Waals surface area contributed by atoms with Crippen LogP contribution in [0.1, 0.15) is 22.3 Å². The van der Waals surface area contributed by atoms with Crippen molar-refractivity contribution in [2.24, 2.45) is 0 Å². The van der Waals surface area contributed by atoms with Gasteiger partial charge in [-0.15, -0.1) is 0 Å². The van der Waals surface area contributed by atoms with Crippen LogP contribution < -0.4 is 0 Å². The van der Waals surface area contributed by atoms with Gasteiger partial charge in [0.05, 0.1) is 6.42 Å². The van der Waals surface area contributed by atoms with Crippen molar-refractivity contribution in [3.63, 3.8) is 0 Å².